The molecule has 196 valence electrons. The summed E-state index contributed by atoms with van der Waals surface area (Å²) in [4.78, 5) is 5.34. The Morgan fingerprint density at radius 1 is 0.528 bits per heavy atom. The summed E-state index contributed by atoms with van der Waals surface area (Å²) in [6.07, 6.45) is 19.9. The van der Waals surface area contributed by atoms with Crippen molar-refractivity contribution in [1.29, 1.82) is 0 Å². The second-order valence-corrected chi connectivity index (χ2v) is 11.6. The standard InChI is InChI=1S/C33H48N2O/c1(7-19-34-21-9-3-10-22-34)5-13-28-15-17-32-30(25-28)27-31-26-29(16-18-33(31)36-32)14-6-2-8-20-35-23-11-4-12-24-35/h15-18,25-26H,1-14,19-24,27H2. The first-order valence-corrected chi connectivity index (χ1v) is 15.2. The minimum Gasteiger partial charge on any atom is -0.457 e. The van der Waals surface area contributed by atoms with Gasteiger partial charge in [0, 0.05) is 6.42 Å². The lowest BCUT2D eigenvalue weighted by Gasteiger charge is -2.26. The average molecular weight is 489 g/mol. The number of hydrogen-bond acceptors (Lipinski definition) is 3. The zero-order chi connectivity index (χ0) is 24.4. The number of hydrogen-bond donors (Lipinski definition) is 0. The first-order chi connectivity index (χ1) is 17.8. The quantitative estimate of drug-likeness (QED) is 0.242. The number of rotatable bonds is 12. The predicted octanol–water partition coefficient (Wildman–Crippen LogP) is 7.78. The topological polar surface area (TPSA) is 15.7 Å². The molecule has 3 nitrogen and oxygen atoms in total. The minimum atomic E-state index is 1.01. The van der Waals surface area contributed by atoms with E-state index in [-0.39, 0.29) is 0 Å². The summed E-state index contributed by atoms with van der Waals surface area (Å²) >= 11 is 0. The molecule has 2 aromatic rings. The Hall–Kier alpha value is -1.84. The zero-order valence-corrected chi connectivity index (χ0v) is 22.6. The summed E-state index contributed by atoms with van der Waals surface area (Å²) < 4.78 is 6.30. The molecule has 5 rings (SSSR count). The van der Waals surface area contributed by atoms with E-state index in [1.165, 1.54) is 151 Å². The number of benzene rings is 2. The van der Waals surface area contributed by atoms with E-state index in [1.54, 1.807) is 0 Å². The maximum absolute atomic E-state index is 6.30. The van der Waals surface area contributed by atoms with E-state index in [0.29, 0.717) is 0 Å². The Labute approximate surface area is 220 Å². The molecule has 0 saturated carbocycles. The van der Waals surface area contributed by atoms with Crippen molar-refractivity contribution in [1.82, 2.24) is 9.80 Å². The molecule has 3 heteroatoms. The van der Waals surface area contributed by atoms with Crippen molar-refractivity contribution >= 4 is 0 Å². The van der Waals surface area contributed by atoms with Gasteiger partial charge < -0.3 is 14.5 Å². The van der Waals surface area contributed by atoms with Crippen LogP contribution in [0, 0.1) is 0 Å². The van der Waals surface area contributed by atoms with E-state index < -0.39 is 0 Å². The molecule has 0 spiro atoms. The first-order valence-electron chi connectivity index (χ1n) is 15.2. The molecule has 36 heavy (non-hydrogen) atoms. The summed E-state index contributed by atoms with van der Waals surface area (Å²) in [5.74, 6) is 2.11. The average Bonchev–Trinajstić information content (AvgIpc) is 2.92. The van der Waals surface area contributed by atoms with Crippen molar-refractivity contribution in [2.45, 2.75) is 96.3 Å². The van der Waals surface area contributed by atoms with Crippen LogP contribution in [0.4, 0.5) is 0 Å². The van der Waals surface area contributed by atoms with Crippen LogP contribution in [-0.2, 0) is 19.3 Å². The van der Waals surface area contributed by atoms with Gasteiger partial charge in [0.1, 0.15) is 11.5 Å². The second-order valence-electron chi connectivity index (χ2n) is 11.6. The van der Waals surface area contributed by atoms with Crippen molar-refractivity contribution in [3.05, 3.63) is 58.7 Å². The molecule has 0 unspecified atom stereocenters. The van der Waals surface area contributed by atoms with Gasteiger partial charge in [0.15, 0.2) is 0 Å². The van der Waals surface area contributed by atoms with Gasteiger partial charge in [-0.3, -0.25) is 0 Å². The van der Waals surface area contributed by atoms with Gasteiger partial charge in [0.25, 0.3) is 0 Å². The van der Waals surface area contributed by atoms with Crippen LogP contribution in [0.15, 0.2) is 36.4 Å². The van der Waals surface area contributed by atoms with Crippen LogP contribution in [0.3, 0.4) is 0 Å². The molecule has 0 aromatic heterocycles. The number of likely N-dealkylation sites (tertiary alicyclic amines) is 2. The Kier molecular flexibility index (Phi) is 9.77. The molecule has 0 aliphatic carbocycles. The molecular weight excluding hydrogens is 440 g/mol. The molecule has 0 amide bonds. The van der Waals surface area contributed by atoms with Crippen molar-refractivity contribution in [3.8, 4) is 11.5 Å². The lowest BCUT2D eigenvalue weighted by molar-refractivity contribution is 0.224. The number of aryl methyl sites for hydroxylation is 2. The molecule has 2 fully saturated rings. The van der Waals surface area contributed by atoms with Gasteiger partial charge in [-0.1, -0.05) is 49.9 Å². The van der Waals surface area contributed by atoms with Gasteiger partial charge in [-0.2, -0.15) is 0 Å². The van der Waals surface area contributed by atoms with Crippen LogP contribution in [-0.4, -0.2) is 49.1 Å². The summed E-state index contributed by atoms with van der Waals surface area (Å²) in [5.41, 5.74) is 5.69. The Balaban J connectivity index is 1.04. The number of unbranched alkanes of at least 4 members (excludes halogenated alkanes) is 4. The van der Waals surface area contributed by atoms with Crippen LogP contribution < -0.4 is 4.74 Å². The van der Waals surface area contributed by atoms with Gasteiger partial charge in [-0.05, 0) is 138 Å². The van der Waals surface area contributed by atoms with E-state index in [4.69, 9.17) is 4.74 Å². The third-order valence-corrected chi connectivity index (χ3v) is 8.63. The lowest BCUT2D eigenvalue weighted by atomic mass is 9.94. The second kappa shape index (κ2) is 13.6. The van der Waals surface area contributed by atoms with E-state index in [1.807, 2.05) is 0 Å². The zero-order valence-electron chi connectivity index (χ0n) is 22.6. The maximum Gasteiger partial charge on any atom is 0.130 e. The van der Waals surface area contributed by atoms with Crippen molar-refractivity contribution in [2.24, 2.45) is 0 Å². The summed E-state index contributed by atoms with van der Waals surface area (Å²) in [7, 11) is 0. The monoisotopic (exact) mass is 488 g/mol. The van der Waals surface area contributed by atoms with Crippen LogP contribution in [0.2, 0.25) is 0 Å². The third-order valence-electron chi connectivity index (χ3n) is 8.63. The molecule has 0 bridgehead atoms. The Morgan fingerprint density at radius 2 is 1.00 bits per heavy atom. The smallest absolute Gasteiger partial charge is 0.130 e. The van der Waals surface area contributed by atoms with Crippen LogP contribution in [0.1, 0.15) is 99.3 Å². The fourth-order valence-electron chi connectivity index (χ4n) is 6.42. The maximum atomic E-state index is 6.30. The minimum absolute atomic E-state index is 1.01. The number of nitrogens with zero attached hydrogens (tertiary/aromatic N) is 2. The molecule has 3 aliphatic rings. The molecule has 0 atom stereocenters. The van der Waals surface area contributed by atoms with Crippen LogP contribution in [0.5, 0.6) is 11.5 Å². The SMILES string of the molecule is c1cc2c(cc1CCCCCN1CCCCC1)Cc1cc(CCCCCN3CCCCC3)ccc1O2. The summed E-state index contributed by atoms with van der Waals surface area (Å²) in [6, 6.07) is 13.8. The van der Waals surface area contributed by atoms with Crippen molar-refractivity contribution < 1.29 is 4.74 Å². The fraction of sp³-hybridized carbons (Fsp3) is 0.636. The molecule has 0 radical (unpaired) electrons. The van der Waals surface area contributed by atoms with E-state index in [0.717, 1.165) is 17.9 Å². The normalized spacial score (nSPS) is 18.4. The number of piperidine rings is 2. The molecule has 3 heterocycles. The van der Waals surface area contributed by atoms with Gasteiger partial charge in [0.05, 0.1) is 0 Å². The molecule has 2 saturated heterocycles. The predicted molar refractivity (Wildman–Crippen MR) is 151 cm³/mol. The van der Waals surface area contributed by atoms with Gasteiger partial charge >= 0.3 is 0 Å². The Morgan fingerprint density at radius 3 is 1.47 bits per heavy atom. The number of ether oxygens (including phenoxy) is 1. The summed E-state index contributed by atoms with van der Waals surface area (Å²) in [6.45, 7) is 7.91. The molecule has 2 aromatic carbocycles. The first kappa shape index (κ1) is 25.8. The lowest BCUT2D eigenvalue weighted by Crippen LogP contribution is -2.30. The molecular formula is C33H48N2O. The number of fused-ring (bicyclic) bond motifs is 2. The van der Waals surface area contributed by atoms with Crippen LogP contribution in [0.25, 0.3) is 0 Å². The van der Waals surface area contributed by atoms with Crippen molar-refractivity contribution in [2.75, 3.05) is 39.3 Å². The fourth-order valence-corrected chi connectivity index (χ4v) is 6.42. The highest BCUT2D eigenvalue weighted by molar-refractivity contribution is 5.51. The molecule has 0 N–H and O–H groups in total. The highest BCUT2D eigenvalue weighted by Crippen LogP contribution is 2.37. The third kappa shape index (κ3) is 7.59. The van der Waals surface area contributed by atoms with E-state index in [9.17, 15) is 0 Å². The van der Waals surface area contributed by atoms with Crippen molar-refractivity contribution in [3.63, 3.8) is 0 Å². The van der Waals surface area contributed by atoms with Gasteiger partial charge in [0.2, 0.25) is 0 Å². The summed E-state index contributed by atoms with van der Waals surface area (Å²) in [5, 5.41) is 0. The highest BCUT2D eigenvalue weighted by atomic mass is 16.5. The van der Waals surface area contributed by atoms with Crippen LogP contribution >= 0.6 is 0 Å². The van der Waals surface area contributed by atoms with E-state index >= 15 is 0 Å². The molecule has 3 aliphatic heterocycles. The van der Waals surface area contributed by atoms with Gasteiger partial charge in [-0.15, -0.1) is 0 Å². The largest absolute Gasteiger partial charge is 0.457 e. The van der Waals surface area contributed by atoms with E-state index in [2.05, 4.69) is 46.2 Å². The highest BCUT2D eigenvalue weighted by Gasteiger charge is 2.18. The Bertz CT molecular complexity index is 867. The van der Waals surface area contributed by atoms with Gasteiger partial charge in [-0.25, -0.2) is 0 Å².